The monoisotopic (exact) mass is 550 g/mol. The Balaban J connectivity index is 4.98. The van der Waals surface area contributed by atoms with Gasteiger partial charge < -0.3 is 0 Å². The van der Waals surface area contributed by atoms with Crippen LogP contribution in [0.5, 0.6) is 0 Å². The maximum atomic E-state index is 14.0. The molecule has 1 unspecified atom stereocenters. The van der Waals surface area contributed by atoms with E-state index in [9.17, 15) is 96.6 Å². The van der Waals surface area contributed by atoms with Gasteiger partial charge in [-0.25, -0.2) is 0 Å². The summed E-state index contributed by atoms with van der Waals surface area (Å²) in [5.41, 5.74) is -19.9. The molecule has 0 spiro atoms. The highest BCUT2D eigenvalue weighted by molar-refractivity contribution is 5.35. The second kappa shape index (κ2) is 6.36. The minimum atomic E-state index is -10.0. The zero-order valence-electron chi connectivity index (χ0n) is 13.8. The molecule has 33 heavy (non-hydrogen) atoms. The van der Waals surface area contributed by atoms with Crippen LogP contribution in [0.2, 0.25) is 0 Å². The van der Waals surface area contributed by atoms with Gasteiger partial charge in [0.25, 0.3) is 5.41 Å². The van der Waals surface area contributed by atoms with Gasteiger partial charge in [-0.3, -0.25) is 0 Å². The number of hydrogen-bond donors (Lipinski definition) is 0. The summed E-state index contributed by atoms with van der Waals surface area (Å²) in [6.07, 6.45) is -36.8. The molecule has 1 saturated carbocycles. The van der Waals surface area contributed by atoms with Crippen molar-refractivity contribution in [3.05, 3.63) is 0 Å². The Hall–Kier alpha value is -1.54. The highest BCUT2D eigenvalue weighted by Gasteiger charge is 3.15. The first kappa shape index (κ1) is 29.5. The van der Waals surface area contributed by atoms with Crippen molar-refractivity contribution >= 4 is 0 Å². The third-order valence-corrected chi connectivity index (χ3v) is 4.79. The van der Waals surface area contributed by atoms with Gasteiger partial charge in [-0.15, -0.1) is 0 Å². The van der Waals surface area contributed by atoms with E-state index >= 15 is 0 Å². The Bertz CT molecular complexity index is 754. The fourth-order valence-electron chi connectivity index (χ4n) is 3.49. The predicted molar refractivity (Wildman–Crippen MR) is 53.8 cm³/mol. The molecular weight excluding hydrogens is 550 g/mol. The van der Waals surface area contributed by atoms with Crippen LogP contribution in [-0.4, -0.2) is 54.3 Å². The van der Waals surface area contributed by atoms with Crippen LogP contribution in [0, 0.1) is 10.8 Å². The lowest BCUT2D eigenvalue weighted by Crippen LogP contribution is -2.93. The van der Waals surface area contributed by atoms with Gasteiger partial charge in [0, 0.05) is 0 Å². The van der Waals surface area contributed by atoms with Gasteiger partial charge in [0.15, 0.2) is 0 Å². The van der Waals surface area contributed by atoms with Gasteiger partial charge in [0.2, 0.25) is 5.41 Å². The van der Waals surface area contributed by atoms with Crippen LogP contribution in [0.4, 0.5) is 96.6 Å². The third kappa shape index (κ3) is 2.60. The van der Waals surface area contributed by atoms with Crippen LogP contribution >= 0.6 is 0 Å². The van der Waals surface area contributed by atoms with Crippen LogP contribution in [0.1, 0.15) is 0 Å². The molecule has 0 bridgehead atoms. The first-order valence-electron chi connectivity index (χ1n) is 6.91. The molecule has 0 N–H and O–H groups in total. The fraction of sp³-hybridized carbons (Fsp3) is 1.00. The molecular formula is C11F22. The van der Waals surface area contributed by atoms with Gasteiger partial charge in [-0.1, -0.05) is 0 Å². The largest absolute Gasteiger partial charge is 0.454 e. The second-order valence-electron chi connectivity index (χ2n) is 6.36. The Morgan fingerprint density at radius 2 is 0.515 bits per heavy atom. The smallest absolute Gasteiger partial charge is 0.198 e. The molecule has 22 heteroatoms. The lowest BCUT2D eigenvalue weighted by molar-refractivity contribution is -0.602. The van der Waals surface area contributed by atoms with Crippen molar-refractivity contribution in [1.82, 2.24) is 0 Å². The van der Waals surface area contributed by atoms with E-state index in [2.05, 4.69) is 0 Å². The summed E-state index contributed by atoms with van der Waals surface area (Å²) in [4.78, 5) is 0. The van der Waals surface area contributed by atoms with E-state index in [1.165, 1.54) is 0 Å². The average molecular weight is 550 g/mol. The zero-order chi connectivity index (χ0) is 27.5. The Morgan fingerprint density at radius 3 is 0.697 bits per heavy atom. The molecule has 198 valence electrons. The first-order chi connectivity index (χ1) is 13.8. The molecule has 0 saturated heterocycles. The minimum Gasteiger partial charge on any atom is -0.198 e. The number of halogens is 22. The van der Waals surface area contributed by atoms with Gasteiger partial charge in [-0.2, -0.15) is 96.6 Å². The van der Waals surface area contributed by atoms with E-state index in [1.54, 1.807) is 0 Å². The Kier molecular flexibility index (Phi) is 5.69. The summed E-state index contributed by atoms with van der Waals surface area (Å²) in [5.74, 6) is -46.5. The number of hydrogen-bond acceptors (Lipinski definition) is 0. The molecule has 1 aliphatic carbocycles. The van der Waals surface area contributed by atoms with Crippen molar-refractivity contribution < 1.29 is 96.6 Å². The number of rotatable bonds is 1. The van der Waals surface area contributed by atoms with Crippen molar-refractivity contribution in [2.24, 2.45) is 10.8 Å². The standard InChI is InChI=1S/C11F22/c12-3(13)1(8(22,23)24,5(16,17)11(31,32)33)2(9(25,26)27,10(28,29)30)4(14,15)7(20,21)6(3,18)19. The van der Waals surface area contributed by atoms with Crippen LogP contribution in [0.3, 0.4) is 0 Å². The van der Waals surface area contributed by atoms with Gasteiger partial charge >= 0.3 is 54.3 Å². The van der Waals surface area contributed by atoms with Crippen LogP contribution in [0.25, 0.3) is 0 Å². The lowest BCUT2D eigenvalue weighted by atomic mass is 9.46. The molecule has 0 heterocycles. The van der Waals surface area contributed by atoms with Crippen LogP contribution in [0.15, 0.2) is 0 Å². The van der Waals surface area contributed by atoms with E-state index < -0.39 is 65.1 Å². The summed E-state index contributed by atoms with van der Waals surface area (Å²) < 4.78 is 293. The highest BCUT2D eigenvalue weighted by atomic mass is 19.4. The van der Waals surface area contributed by atoms with E-state index in [0.29, 0.717) is 0 Å². The molecule has 0 nitrogen and oxygen atoms in total. The minimum absolute atomic E-state index is 8.81. The topological polar surface area (TPSA) is 0 Å². The molecule has 0 radical (unpaired) electrons. The summed E-state index contributed by atoms with van der Waals surface area (Å²) in [6, 6.07) is 0. The highest BCUT2D eigenvalue weighted by Crippen LogP contribution is 2.86. The second-order valence-corrected chi connectivity index (χ2v) is 6.36. The average Bonchev–Trinajstić information content (AvgIpc) is 2.44. The first-order valence-corrected chi connectivity index (χ1v) is 6.91. The van der Waals surface area contributed by atoms with E-state index in [4.69, 9.17) is 0 Å². The molecule has 1 aliphatic rings. The molecule has 0 aliphatic heterocycles. The van der Waals surface area contributed by atoms with Crippen LogP contribution < -0.4 is 0 Å². The van der Waals surface area contributed by atoms with Crippen molar-refractivity contribution in [1.29, 1.82) is 0 Å². The molecule has 1 fully saturated rings. The summed E-state index contributed by atoms with van der Waals surface area (Å²) in [5, 5.41) is 0. The molecule has 0 aromatic rings. The molecule has 0 amide bonds. The summed E-state index contributed by atoms with van der Waals surface area (Å²) in [7, 11) is 0. The maximum Gasteiger partial charge on any atom is 0.454 e. The maximum absolute atomic E-state index is 14.0. The zero-order valence-corrected chi connectivity index (χ0v) is 13.8. The summed E-state index contributed by atoms with van der Waals surface area (Å²) >= 11 is 0. The van der Waals surface area contributed by atoms with E-state index in [-0.39, 0.29) is 0 Å². The lowest BCUT2D eigenvalue weighted by Gasteiger charge is -2.63. The van der Waals surface area contributed by atoms with Crippen molar-refractivity contribution in [2.45, 2.75) is 54.3 Å². The molecule has 1 atom stereocenters. The predicted octanol–water partition coefficient (Wildman–Crippen LogP) is 7.40. The molecule has 0 aromatic heterocycles. The van der Waals surface area contributed by atoms with Crippen LogP contribution in [-0.2, 0) is 0 Å². The quantitative estimate of drug-likeness (QED) is 0.299. The Morgan fingerprint density at radius 1 is 0.303 bits per heavy atom. The fourth-order valence-corrected chi connectivity index (χ4v) is 3.49. The Labute approximate surface area is 163 Å². The van der Waals surface area contributed by atoms with Gasteiger partial charge in [0.05, 0.1) is 0 Å². The van der Waals surface area contributed by atoms with Crippen molar-refractivity contribution in [2.75, 3.05) is 0 Å². The summed E-state index contributed by atoms with van der Waals surface area (Å²) in [6.45, 7) is 0. The van der Waals surface area contributed by atoms with Gasteiger partial charge in [0.1, 0.15) is 0 Å². The van der Waals surface area contributed by atoms with E-state index in [1.807, 2.05) is 0 Å². The normalized spacial score (nSPS) is 29.6. The van der Waals surface area contributed by atoms with Crippen molar-refractivity contribution in [3.63, 3.8) is 0 Å². The molecule has 1 rings (SSSR count). The van der Waals surface area contributed by atoms with Crippen molar-refractivity contribution in [3.8, 4) is 0 Å². The SMILES string of the molecule is FC(F)(F)C(F)(F)C1(C(F)(F)F)C(F)(F)C(F)(F)C(F)(F)C(F)(F)C1(C(F)(F)F)C(F)(F)F. The van der Waals surface area contributed by atoms with E-state index in [0.717, 1.165) is 0 Å². The third-order valence-electron chi connectivity index (χ3n) is 4.79. The molecule has 0 aromatic carbocycles. The van der Waals surface area contributed by atoms with Gasteiger partial charge in [-0.05, 0) is 0 Å². The number of alkyl halides is 22.